The van der Waals surface area contributed by atoms with Gasteiger partial charge in [-0.15, -0.1) is 24.8 Å². The summed E-state index contributed by atoms with van der Waals surface area (Å²) in [6, 6.07) is 5.25. The molecule has 1 amide bonds. The molecule has 2 unspecified atom stereocenters. The van der Waals surface area contributed by atoms with Crippen molar-refractivity contribution in [2.24, 2.45) is 5.92 Å². The van der Waals surface area contributed by atoms with E-state index in [1.54, 1.807) is 6.20 Å². The summed E-state index contributed by atoms with van der Waals surface area (Å²) in [4.78, 5) is 18.3. The Hall–Kier alpha value is -0.840. The minimum atomic E-state index is 0. The SMILES string of the molecule is CN(Cc1cccnc1)C(=O)CC1CC2CCC(C1)N2.Cl.Cl. The van der Waals surface area contributed by atoms with Crippen molar-refractivity contribution in [2.45, 2.75) is 50.7 Å². The van der Waals surface area contributed by atoms with Crippen molar-refractivity contribution < 1.29 is 4.79 Å². The van der Waals surface area contributed by atoms with Gasteiger partial charge in [0.25, 0.3) is 0 Å². The second-order valence-corrected chi connectivity index (χ2v) is 6.29. The van der Waals surface area contributed by atoms with Crippen LogP contribution in [0.25, 0.3) is 0 Å². The normalized spacial score (nSPS) is 25.8. The van der Waals surface area contributed by atoms with Gasteiger partial charge >= 0.3 is 0 Å². The van der Waals surface area contributed by atoms with E-state index < -0.39 is 0 Å². The Morgan fingerprint density at radius 2 is 2.00 bits per heavy atom. The van der Waals surface area contributed by atoms with E-state index in [0.717, 1.165) is 5.56 Å². The fourth-order valence-electron chi connectivity index (χ4n) is 3.60. The Kier molecular flexibility index (Phi) is 7.60. The van der Waals surface area contributed by atoms with E-state index in [0.29, 0.717) is 31.0 Å². The van der Waals surface area contributed by atoms with Crippen LogP contribution in [0, 0.1) is 5.92 Å². The molecular weight excluding hydrogens is 321 g/mol. The van der Waals surface area contributed by atoms with Crippen LogP contribution in [0.15, 0.2) is 24.5 Å². The van der Waals surface area contributed by atoms with Crippen LogP contribution in [-0.2, 0) is 11.3 Å². The first-order chi connectivity index (χ1) is 9.70. The van der Waals surface area contributed by atoms with Crippen molar-refractivity contribution in [3.05, 3.63) is 30.1 Å². The van der Waals surface area contributed by atoms with Gasteiger partial charge in [0.2, 0.25) is 5.91 Å². The van der Waals surface area contributed by atoms with Gasteiger partial charge in [-0.1, -0.05) is 6.07 Å². The van der Waals surface area contributed by atoms with E-state index in [1.807, 2.05) is 30.3 Å². The zero-order valence-electron chi connectivity index (χ0n) is 12.9. The summed E-state index contributed by atoms with van der Waals surface area (Å²) < 4.78 is 0. The van der Waals surface area contributed by atoms with Gasteiger partial charge in [-0.05, 0) is 43.2 Å². The molecule has 3 heterocycles. The molecule has 2 atom stereocenters. The average molecular weight is 346 g/mol. The maximum absolute atomic E-state index is 12.3. The topological polar surface area (TPSA) is 45.2 Å². The predicted molar refractivity (Wildman–Crippen MR) is 92.5 cm³/mol. The standard InChI is InChI=1S/C16H23N3O.2ClH/c1-19(11-12-3-2-6-17-10-12)16(20)9-13-7-14-4-5-15(8-13)18-14;;/h2-3,6,10,13-15,18H,4-5,7-9,11H2,1H3;2*1H. The first kappa shape index (κ1) is 19.2. The first-order valence-electron chi connectivity index (χ1n) is 7.59. The number of piperidine rings is 1. The number of fused-ring (bicyclic) bond motifs is 2. The Morgan fingerprint density at radius 3 is 2.59 bits per heavy atom. The number of amides is 1. The molecule has 1 aromatic rings. The highest BCUT2D eigenvalue weighted by molar-refractivity contribution is 5.85. The van der Waals surface area contributed by atoms with Crippen LogP contribution in [0.2, 0.25) is 0 Å². The molecule has 1 aromatic heterocycles. The molecule has 22 heavy (non-hydrogen) atoms. The van der Waals surface area contributed by atoms with Crippen molar-refractivity contribution >= 4 is 30.7 Å². The number of carbonyl (C=O) groups excluding carboxylic acids is 1. The predicted octanol–water partition coefficient (Wildman–Crippen LogP) is 2.80. The van der Waals surface area contributed by atoms with E-state index in [2.05, 4.69) is 10.3 Å². The Balaban J connectivity index is 0.00000121. The third-order valence-corrected chi connectivity index (χ3v) is 4.60. The highest BCUT2D eigenvalue weighted by Crippen LogP contribution is 2.32. The van der Waals surface area contributed by atoms with Crippen molar-refractivity contribution in [3.8, 4) is 0 Å². The Labute approximate surface area is 144 Å². The minimum absolute atomic E-state index is 0. The van der Waals surface area contributed by atoms with Gasteiger partial charge in [0.1, 0.15) is 0 Å². The lowest BCUT2D eigenvalue weighted by molar-refractivity contribution is -0.131. The fourth-order valence-corrected chi connectivity index (χ4v) is 3.60. The zero-order valence-corrected chi connectivity index (χ0v) is 14.5. The number of halogens is 2. The lowest BCUT2D eigenvalue weighted by atomic mass is 9.89. The van der Waals surface area contributed by atoms with Gasteiger partial charge in [0.15, 0.2) is 0 Å². The smallest absolute Gasteiger partial charge is 0.222 e. The summed E-state index contributed by atoms with van der Waals surface area (Å²) in [7, 11) is 1.89. The number of hydrogen-bond acceptors (Lipinski definition) is 3. The lowest BCUT2D eigenvalue weighted by Crippen LogP contribution is -2.39. The van der Waals surface area contributed by atoms with E-state index in [-0.39, 0.29) is 30.7 Å². The molecule has 1 N–H and O–H groups in total. The molecule has 2 saturated heterocycles. The molecule has 0 saturated carbocycles. The van der Waals surface area contributed by atoms with Crippen molar-refractivity contribution in [3.63, 3.8) is 0 Å². The largest absolute Gasteiger partial charge is 0.341 e. The average Bonchev–Trinajstić information content (AvgIpc) is 2.79. The molecule has 3 rings (SSSR count). The maximum Gasteiger partial charge on any atom is 0.222 e. The molecule has 2 bridgehead atoms. The van der Waals surface area contributed by atoms with Crippen LogP contribution in [0.3, 0.4) is 0 Å². The van der Waals surface area contributed by atoms with Crippen LogP contribution in [-0.4, -0.2) is 34.9 Å². The number of nitrogens with zero attached hydrogens (tertiary/aromatic N) is 2. The number of carbonyl (C=O) groups is 1. The molecule has 6 heteroatoms. The molecule has 0 aliphatic carbocycles. The van der Waals surface area contributed by atoms with Gasteiger partial charge in [0.05, 0.1) is 0 Å². The van der Waals surface area contributed by atoms with Crippen LogP contribution >= 0.6 is 24.8 Å². The van der Waals surface area contributed by atoms with Crippen LogP contribution in [0.1, 0.15) is 37.7 Å². The molecule has 2 fully saturated rings. The minimum Gasteiger partial charge on any atom is -0.341 e. The summed E-state index contributed by atoms with van der Waals surface area (Å²) in [5.41, 5.74) is 1.09. The maximum atomic E-state index is 12.3. The second-order valence-electron chi connectivity index (χ2n) is 6.29. The number of rotatable bonds is 4. The molecule has 4 nitrogen and oxygen atoms in total. The summed E-state index contributed by atoms with van der Waals surface area (Å²) in [6.45, 7) is 0.657. The zero-order chi connectivity index (χ0) is 13.9. The highest BCUT2D eigenvalue weighted by atomic mass is 35.5. The molecule has 2 aliphatic heterocycles. The van der Waals surface area contributed by atoms with Crippen LogP contribution in [0.4, 0.5) is 0 Å². The first-order valence-corrected chi connectivity index (χ1v) is 7.59. The molecule has 2 aliphatic rings. The van der Waals surface area contributed by atoms with E-state index >= 15 is 0 Å². The molecule has 0 aromatic carbocycles. The van der Waals surface area contributed by atoms with Crippen LogP contribution < -0.4 is 5.32 Å². The van der Waals surface area contributed by atoms with Crippen molar-refractivity contribution in [2.75, 3.05) is 7.05 Å². The van der Waals surface area contributed by atoms with Gasteiger partial charge < -0.3 is 10.2 Å². The number of hydrogen-bond donors (Lipinski definition) is 1. The monoisotopic (exact) mass is 345 g/mol. The number of nitrogens with one attached hydrogen (secondary N) is 1. The number of aromatic nitrogens is 1. The summed E-state index contributed by atoms with van der Waals surface area (Å²) in [5.74, 6) is 0.831. The Bertz CT molecular complexity index is 460. The van der Waals surface area contributed by atoms with E-state index in [1.165, 1.54) is 25.7 Å². The lowest BCUT2D eigenvalue weighted by Gasteiger charge is -2.30. The van der Waals surface area contributed by atoms with E-state index in [9.17, 15) is 4.79 Å². The van der Waals surface area contributed by atoms with Crippen molar-refractivity contribution in [1.82, 2.24) is 15.2 Å². The fraction of sp³-hybridized carbons (Fsp3) is 0.625. The summed E-state index contributed by atoms with van der Waals surface area (Å²) in [6.07, 6.45) is 9.21. The second kappa shape index (κ2) is 8.70. The van der Waals surface area contributed by atoms with E-state index in [4.69, 9.17) is 0 Å². The quantitative estimate of drug-likeness (QED) is 0.912. The van der Waals surface area contributed by atoms with Crippen LogP contribution in [0.5, 0.6) is 0 Å². The molecule has 124 valence electrons. The number of pyridine rings is 1. The molecule has 0 spiro atoms. The molecular formula is C16H25Cl2N3O. The van der Waals surface area contributed by atoms with Crippen molar-refractivity contribution in [1.29, 1.82) is 0 Å². The van der Waals surface area contributed by atoms with Gasteiger partial charge in [-0.25, -0.2) is 0 Å². The third-order valence-electron chi connectivity index (χ3n) is 4.60. The molecule has 0 radical (unpaired) electrons. The van der Waals surface area contributed by atoms with Gasteiger partial charge in [-0.2, -0.15) is 0 Å². The third kappa shape index (κ3) is 4.83. The Morgan fingerprint density at radius 1 is 1.32 bits per heavy atom. The highest BCUT2D eigenvalue weighted by Gasteiger charge is 2.34. The van der Waals surface area contributed by atoms with Gasteiger partial charge in [-0.3, -0.25) is 9.78 Å². The summed E-state index contributed by atoms with van der Waals surface area (Å²) >= 11 is 0. The summed E-state index contributed by atoms with van der Waals surface area (Å²) in [5, 5.41) is 3.63. The van der Waals surface area contributed by atoms with Gasteiger partial charge in [0, 0.05) is 44.5 Å².